The predicted octanol–water partition coefficient (Wildman–Crippen LogP) is 3.22. The van der Waals surface area contributed by atoms with Gasteiger partial charge in [0.15, 0.2) is 0 Å². The fourth-order valence-electron chi connectivity index (χ4n) is 3.50. The monoisotopic (exact) mass is 336 g/mol. The van der Waals surface area contributed by atoms with Gasteiger partial charge in [-0.25, -0.2) is 4.79 Å². The third-order valence-corrected chi connectivity index (χ3v) is 4.63. The van der Waals surface area contributed by atoms with Crippen LogP contribution in [-0.4, -0.2) is 23.5 Å². The molecule has 4 nitrogen and oxygen atoms in total. The van der Waals surface area contributed by atoms with Crippen molar-refractivity contribution >= 4 is 23.4 Å². The normalized spacial score (nSPS) is 20.2. The van der Waals surface area contributed by atoms with E-state index < -0.39 is 0 Å². The molecular formula is C18H25ClN2O2. The zero-order valence-corrected chi connectivity index (χ0v) is 14.6. The van der Waals surface area contributed by atoms with Gasteiger partial charge in [-0.05, 0) is 50.4 Å². The molecule has 1 saturated heterocycles. The number of fused-ring (bicyclic) bond motifs is 1. The van der Waals surface area contributed by atoms with Gasteiger partial charge in [-0.3, -0.25) is 4.90 Å². The van der Waals surface area contributed by atoms with Crippen LogP contribution in [0.3, 0.4) is 0 Å². The van der Waals surface area contributed by atoms with E-state index in [9.17, 15) is 4.79 Å². The summed E-state index contributed by atoms with van der Waals surface area (Å²) in [5, 5.41) is 1.03. The van der Waals surface area contributed by atoms with Gasteiger partial charge in [0.1, 0.15) is 5.58 Å². The number of benzene rings is 1. The maximum atomic E-state index is 11.9. The number of nitrogens with zero attached hydrogens (tertiary/aromatic N) is 1. The average molecular weight is 337 g/mol. The van der Waals surface area contributed by atoms with Crippen molar-refractivity contribution in [3.63, 3.8) is 0 Å². The van der Waals surface area contributed by atoms with Crippen LogP contribution in [0.25, 0.3) is 11.0 Å². The number of hydrogen-bond acceptors (Lipinski definition) is 4. The number of likely N-dealkylation sites (tertiary alicyclic amines) is 1. The van der Waals surface area contributed by atoms with Gasteiger partial charge in [0.2, 0.25) is 0 Å². The topological polar surface area (TPSA) is 59.5 Å². The lowest BCUT2D eigenvalue weighted by molar-refractivity contribution is 0.123. The second-order valence-corrected chi connectivity index (χ2v) is 6.48. The van der Waals surface area contributed by atoms with Crippen molar-refractivity contribution in [2.45, 2.75) is 51.7 Å². The van der Waals surface area contributed by atoms with Gasteiger partial charge in [0.25, 0.3) is 0 Å². The van der Waals surface area contributed by atoms with Crippen molar-refractivity contribution in [2.24, 2.45) is 5.73 Å². The molecule has 126 valence electrons. The predicted molar refractivity (Wildman–Crippen MR) is 96.2 cm³/mol. The lowest BCUT2D eigenvalue weighted by Crippen LogP contribution is -2.48. The molecule has 1 aromatic heterocycles. The SMILES string of the molecule is Cc1ccc2c(CN3CCCCC3C(C)N)cc(=O)oc2c1.Cl. The molecule has 0 amide bonds. The molecule has 2 heterocycles. The first-order chi connectivity index (χ1) is 10.5. The maximum absolute atomic E-state index is 11.9. The molecule has 1 aromatic carbocycles. The van der Waals surface area contributed by atoms with Crippen LogP contribution in [-0.2, 0) is 6.54 Å². The van der Waals surface area contributed by atoms with Crippen LogP contribution in [0.2, 0.25) is 0 Å². The van der Waals surface area contributed by atoms with Crippen molar-refractivity contribution in [2.75, 3.05) is 6.54 Å². The Kier molecular flexibility index (Phi) is 5.84. The van der Waals surface area contributed by atoms with Gasteiger partial charge >= 0.3 is 5.63 Å². The lowest BCUT2D eigenvalue weighted by atomic mass is 9.96. The summed E-state index contributed by atoms with van der Waals surface area (Å²) in [6, 6.07) is 8.21. The van der Waals surface area contributed by atoms with Gasteiger partial charge < -0.3 is 10.2 Å². The summed E-state index contributed by atoms with van der Waals surface area (Å²) in [6.07, 6.45) is 3.57. The molecule has 1 aliphatic heterocycles. The molecule has 0 radical (unpaired) electrons. The maximum Gasteiger partial charge on any atom is 0.336 e. The molecule has 2 unspecified atom stereocenters. The van der Waals surface area contributed by atoms with E-state index in [0.717, 1.165) is 36.0 Å². The second kappa shape index (κ2) is 7.47. The summed E-state index contributed by atoms with van der Waals surface area (Å²) in [6.45, 7) is 5.88. The minimum absolute atomic E-state index is 0. The minimum atomic E-state index is -0.276. The molecule has 5 heteroatoms. The van der Waals surface area contributed by atoms with E-state index in [0.29, 0.717) is 11.6 Å². The first kappa shape index (κ1) is 18.0. The summed E-state index contributed by atoms with van der Waals surface area (Å²) in [5.74, 6) is 0. The largest absolute Gasteiger partial charge is 0.423 e. The van der Waals surface area contributed by atoms with Crippen LogP contribution in [0.15, 0.2) is 33.5 Å². The molecule has 0 aliphatic carbocycles. The number of halogens is 1. The lowest BCUT2D eigenvalue weighted by Gasteiger charge is -2.38. The van der Waals surface area contributed by atoms with Crippen LogP contribution in [0.5, 0.6) is 0 Å². The van der Waals surface area contributed by atoms with Crippen molar-refractivity contribution in [3.8, 4) is 0 Å². The highest BCUT2D eigenvalue weighted by molar-refractivity contribution is 5.85. The summed E-state index contributed by atoms with van der Waals surface area (Å²) in [5.41, 5.74) is 8.69. The Morgan fingerprint density at radius 1 is 1.35 bits per heavy atom. The van der Waals surface area contributed by atoms with E-state index in [1.807, 2.05) is 19.1 Å². The molecule has 23 heavy (non-hydrogen) atoms. The van der Waals surface area contributed by atoms with Gasteiger partial charge in [-0.15, -0.1) is 12.4 Å². The Balaban J connectivity index is 0.00000192. The fraction of sp³-hybridized carbons (Fsp3) is 0.500. The molecule has 0 bridgehead atoms. The van der Waals surface area contributed by atoms with Crippen molar-refractivity contribution in [1.29, 1.82) is 0 Å². The molecule has 2 aromatic rings. The molecule has 0 spiro atoms. The average Bonchev–Trinajstić information content (AvgIpc) is 2.46. The van der Waals surface area contributed by atoms with Gasteiger partial charge in [-0.2, -0.15) is 0 Å². The zero-order chi connectivity index (χ0) is 15.7. The molecule has 3 rings (SSSR count). The number of aryl methyl sites for hydroxylation is 1. The Morgan fingerprint density at radius 2 is 2.13 bits per heavy atom. The first-order valence-electron chi connectivity index (χ1n) is 8.07. The Morgan fingerprint density at radius 3 is 2.87 bits per heavy atom. The summed E-state index contributed by atoms with van der Waals surface area (Å²) >= 11 is 0. The smallest absolute Gasteiger partial charge is 0.336 e. The highest BCUT2D eigenvalue weighted by Crippen LogP contribution is 2.25. The summed E-state index contributed by atoms with van der Waals surface area (Å²) in [7, 11) is 0. The number of piperidine rings is 1. The van der Waals surface area contributed by atoms with Crippen molar-refractivity contribution in [3.05, 3.63) is 45.8 Å². The van der Waals surface area contributed by atoms with E-state index >= 15 is 0 Å². The van der Waals surface area contributed by atoms with Crippen molar-refractivity contribution in [1.82, 2.24) is 4.90 Å². The van der Waals surface area contributed by atoms with E-state index in [-0.39, 0.29) is 24.1 Å². The molecule has 1 fully saturated rings. The zero-order valence-electron chi connectivity index (χ0n) is 13.7. The van der Waals surface area contributed by atoms with Gasteiger partial charge in [0, 0.05) is 30.1 Å². The van der Waals surface area contributed by atoms with Crippen LogP contribution in [0.1, 0.15) is 37.3 Å². The van der Waals surface area contributed by atoms with Crippen LogP contribution in [0.4, 0.5) is 0 Å². The van der Waals surface area contributed by atoms with Crippen molar-refractivity contribution < 1.29 is 4.42 Å². The van der Waals surface area contributed by atoms with E-state index in [2.05, 4.69) is 17.9 Å². The summed E-state index contributed by atoms with van der Waals surface area (Å²) in [4.78, 5) is 14.3. The van der Waals surface area contributed by atoms with Gasteiger partial charge in [0.05, 0.1) is 0 Å². The van der Waals surface area contributed by atoms with Crippen LogP contribution in [0, 0.1) is 6.92 Å². The fourth-order valence-corrected chi connectivity index (χ4v) is 3.50. The highest BCUT2D eigenvalue weighted by atomic mass is 35.5. The standard InChI is InChI=1S/C18H24N2O2.ClH/c1-12-6-7-15-14(10-18(21)22-17(15)9-12)11-20-8-4-3-5-16(20)13(2)19;/h6-7,9-10,13,16H,3-5,8,11,19H2,1-2H3;1H. The highest BCUT2D eigenvalue weighted by Gasteiger charge is 2.26. The van der Waals surface area contributed by atoms with Crippen LogP contribution >= 0.6 is 12.4 Å². The minimum Gasteiger partial charge on any atom is -0.423 e. The Bertz CT molecular complexity index is 727. The Labute approximate surface area is 143 Å². The van der Waals surface area contributed by atoms with Gasteiger partial charge in [-0.1, -0.05) is 18.6 Å². The number of nitrogens with two attached hydrogens (primary N) is 1. The Hall–Kier alpha value is -1.36. The third-order valence-electron chi connectivity index (χ3n) is 4.63. The second-order valence-electron chi connectivity index (χ2n) is 6.48. The van der Waals surface area contributed by atoms with E-state index in [1.165, 1.54) is 12.8 Å². The third kappa shape index (κ3) is 3.94. The number of hydrogen-bond donors (Lipinski definition) is 1. The summed E-state index contributed by atoms with van der Waals surface area (Å²) < 4.78 is 5.35. The quantitative estimate of drug-likeness (QED) is 0.874. The van der Waals surface area contributed by atoms with E-state index in [4.69, 9.17) is 10.2 Å². The molecule has 2 atom stereocenters. The molecule has 1 aliphatic rings. The molecular weight excluding hydrogens is 312 g/mol. The first-order valence-corrected chi connectivity index (χ1v) is 8.07. The molecule has 0 saturated carbocycles. The number of rotatable bonds is 3. The van der Waals surface area contributed by atoms with Crippen LogP contribution < -0.4 is 11.4 Å². The van der Waals surface area contributed by atoms with E-state index in [1.54, 1.807) is 6.07 Å². The molecule has 2 N–H and O–H groups in total.